The Bertz CT molecular complexity index is 1050. The first-order valence-corrected chi connectivity index (χ1v) is 10.9. The average molecular weight is 466 g/mol. The van der Waals surface area contributed by atoms with Gasteiger partial charge in [0, 0.05) is 34.3 Å². The third-order valence-corrected chi connectivity index (χ3v) is 5.52. The zero-order chi connectivity index (χ0) is 21.8. The van der Waals surface area contributed by atoms with Crippen LogP contribution in [0, 0.1) is 6.92 Å². The molecule has 0 saturated carbocycles. The average Bonchev–Trinajstić information content (AvgIpc) is 3.05. The van der Waals surface area contributed by atoms with Crippen molar-refractivity contribution in [3.05, 3.63) is 68.8 Å². The number of carbonyl (C=O) groups excluding carboxylic acids is 1. The first-order chi connectivity index (χ1) is 14.3. The van der Waals surface area contributed by atoms with Crippen LogP contribution in [0.1, 0.15) is 36.3 Å². The summed E-state index contributed by atoms with van der Waals surface area (Å²) in [5.41, 5.74) is 6.29. The highest BCUT2D eigenvalue weighted by Crippen LogP contribution is 2.33. The third kappa shape index (κ3) is 4.81. The van der Waals surface area contributed by atoms with Crippen molar-refractivity contribution in [2.45, 2.75) is 27.2 Å². The van der Waals surface area contributed by atoms with Gasteiger partial charge in [-0.3, -0.25) is 10.2 Å². The van der Waals surface area contributed by atoms with Crippen molar-refractivity contribution in [2.75, 3.05) is 13.1 Å². The Morgan fingerprint density at radius 2 is 1.73 bits per heavy atom. The summed E-state index contributed by atoms with van der Waals surface area (Å²) in [5.74, 6) is -0.262. The summed E-state index contributed by atoms with van der Waals surface area (Å²) < 4.78 is 1.68. The van der Waals surface area contributed by atoms with Crippen LogP contribution in [-0.2, 0) is 0 Å². The first-order valence-electron chi connectivity index (χ1n) is 9.72. The molecule has 1 aromatic heterocycles. The predicted octanol–water partition coefficient (Wildman–Crippen LogP) is 6.18. The summed E-state index contributed by atoms with van der Waals surface area (Å²) in [7, 11) is 0. The first kappa shape index (κ1) is 22.6. The molecule has 30 heavy (non-hydrogen) atoms. The van der Waals surface area contributed by atoms with E-state index >= 15 is 0 Å². The quantitative estimate of drug-likeness (QED) is 0.424. The Morgan fingerprint density at radius 3 is 2.33 bits per heavy atom. The van der Waals surface area contributed by atoms with E-state index in [1.54, 1.807) is 35.0 Å². The molecule has 3 aromatic rings. The third-order valence-electron chi connectivity index (χ3n) is 4.73. The molecule has 0 atom stereocenters. The van der Waals surface area contributed by atoms with Gasteiger partial charge in [0.2, 0.25) is 0 Å². The van der Waals surface area contributed by atoms with Gasteiger partial charge in [0.1, 0.15) is 0 Å². The molecule has 158 valence electrons. The minimum absolute atomic E-state index is 0.262. The smallest absolute Gasteiger partial charge is 0.283 e. The molecule has 8 heteroatoms. The van der Waals surface area contributed by atoms with Gasteiger partial charge in [-0.2, -0.15) is 5.10 Å². The Labute approximate surface area is 191 Å². The summed E-state index contributed by atoms with van der Waals surface area (Å²) in [6.45, 7) is 7.40. The van der Waals surface area contributed by atoms with E-state index in [0.717, 1.165) is 29.8 Å². The minimum Gasteiger partial charge on any atom is -0.283 e. The number of halogens is 3. The number of hydrazine groups is 1. The molecular weight excluding hydrogens is 443 g/mol. The number of benzene rings is 2. The van der Waals surface area contributed by atoms with E-state index in [1.807, 2.05) is 31.0 Å². The lowest BCUT2D eigenvalue weighted by Crippen LogP contribution is -2.42. The number of hydrogen-bond donors (Lipinski definition) is 1. The Hall–Kier alpha value is -2.05. The van der Waals surface area contributed by atoms with E-state index in [1.165, 1.54) is 0 Å². The SMILES string of the molecule is CCCN(CC)NC(=O)c1nn(-c2ccc(Cl)cc2Cl)c(-c2ccc(Cl)cc2)c1C. The monoisotopic (exact) mass is 464 g/mol. The molecule has 1 N–H and O–H groups in total. The summed E-state index contributed by atoms with van der Waals surface area (Å²) in [6.07, 6.45) is 0.929. The van der Waals surface area contributed by atoms with Gasteiger partial charge in [0.05, 0.1) is 16.4 Å². The molecule has 0 aliphatic heterocycles. The number of amides is 1. The van der Waals surface area contributed by atoms with Crippen molar-refractivity contribution in [3.63, 3.8) is 0 Å². The zero-order valence-electron chi connectivity index (χ0n) is 17.0. The van der Waals surface area contributed by atoms with E-state index in [9.17, 15) is 4.79 Å². The maximum absolute atomic E-state index is 13.0. The standard InChI is InChI=1S/C22H23Cl3N4O/c1-4-12-28(5-2)27-22(30)20-14(3)21(15-6-8-16(23)9-7-15)29(26-20)19-11-10-17(24)13-18(19)25/h6-11,13H,4-5,12H2,1-3H3,(H,27,30). The van der Waals surface area contributed by atoms with Crippen LogP contribution in [0.5, 0.6) is 0 Å². The van der Waals surface area contributed by atoms with Crippen LogP contribution >= 0.6 is 34.8 Å². The zero-order valence-corrected chi connectivity index (χ0v) is 19.3. The van der Waals surface area contributed by atoms with Gasteiger partial charge in [-0.1, -0.05) is 60.8 Å². The molecule has 1 amide bonds. The van der Waals surface area contributed by atoms with Crippen LogP contribution in [0.2, 0.25) is 15.1 Å². The summed E-state index contributed by atoms with van der Waals surface area (Å²) in [5, 5.41) is 8.10. The maximum Gasteiger partial charge on any atom is 0.286 e. The number of nitrogens with zero attached hydrogens (tertiary/aromatic N) is 3. The number of rotatable bonds is 7. The Kier molecular flexibility index (Phi) is 7.42. The van der Waals surface area contributed by atoms with Crippen LogP contribution < -0.4 is 5.43 Å². The van der Waals surface area contributed by atoms with Gasteiger partial charge in [-0.15, -0.1) is 0 Å². The fourth-order valence-electron chi connectivity index (χ4n) is 3.25. The van der Waals surface area contributed by atoms with E-state index in [-0.39, 0.29) is 5.91 Å². The van der Waals surface area contributed by atoms with E-state index in [2.05, 4.69) is 17.4 Å². The minimum atomic E-state index is -0.262. The molecule has 0 saturated heterocycles. The summed E-state index contributed by atoms with van der Waals surface area (Å²) in [4.78, 5) is 13.0. The molecule has 0 aliphatic carbocycles. The highest BCUT2D eigenvalue weighted by molar-refractivity contribution is 6.35. The van der Waals surface area contributed by atoms with Crippen LogP contribution in [0.25, 0.3) is 16.9 Å². The van der Waals surface area contributed by atoms with Crippen LogP contribution in [-0.4, -0.2) is 33.8 Å². The fraction of sp³-hybridized carbons (Fsp3) is 0.273. The van der Waals surface area contributed by atoms with E-state index in [4.69, 9.17) is 34.8 Å². The van der Waals surface area contributed by atoms with Crippen LogP contribution in [0.3, 0.4) is 0 Å². The topological polar surface area (TPSA) is 50.2 Å². The van der Waals surface area contributed by atoms with Gasteiger partial charge in [-0.25, -0.2) is 9.69 Å². The lowest BCUT2D eigenvalue weighted by molar-refractivity contribution is 0.0790. The number of carbonyl (C=O) groups is 1. The van der Waals surface area contributed by atoms with Gasteiger partial charge >= 0.3 is 0 Å². The molecule has 0 spiro atoms. The molecule has 0 fully saturated rings. The molecule has 0 bridgehead atoms. The second kappa shape index (κ2) is 9.84. The largest absolute Gasteiger partial charge is 0.286 e. The van der Waals surface area contributed by atoms with Gasteiger partial charge in [-0.05, 0) is 43.7 Å². The van der Waals surface area contributed by atoms with E-state index in [0.29, 0.717) is 33.0 Å². The fourth-order valence-corrected chi connectivity index (χ4v) is 3.86. The molecule has 3 rings (SSSR count). The van der Waals surface area contributed by atoms with E-state index < -0.39 is 0 Å². The van der Waals surface area contributed by atoms with Crippen molar-refractivity contribution in [2.24, 2.45) is 0 Å². The predicted molar refractivity (Wildman–Crippen MR) is 124 cm³/mol. The number of aromatic nitrogens is 2. The van der Waals surface area contributed by atoms with Crippen LogP contribution in [0.15, 0.2) is 42.5 Å². The molecule has 1 heterocycles. The van der Waals surface area contributed by atoms with Gasteiger partial charge < -0.3 is 0 Å². The van der Waals surface area contributed by atoms with Crippen molar-refractivity contribution in [3.8, 4) is 16.9 Å². The molecule has 0 unspecified atom stereocenters. The lowest BCUT2D eigenvalue weighted by Gasteiger charge is -2.20. The Morgan fingerprint density at radius 1 is 1.07 bits per heavy atom. The number of hydrogen-bond acceptors (Lipinski definition) is 3. The summed E-state index contributed by atoms with van der Waals surface area (Å²) >= 11 is 18.6. The molecular formula is C22H23Cl3N4O. The summed E-state index contributed by atoms with van der Waals surface area (Å²) in [6, 6.07) is 12.6. The van der Waals surface area contributed by atoms with Crippen molar-refractivity contribution in [1.29, 1.82) is 0 Å². The maximum atomic E-state index is 13.0. The molecule has 2 aromatic carbocycles. The second-order valence-corrected chi connectivity index (χ2v) is 8.14. The second-order valence-electron chi connectivity index (χ2n) is 6.86. The normalized spacial score (nSPS) is 11.2. The van der Waals surface area contributed by atoms with Gasteiger partial charge in [0.15, 0.2) is 5.69 Å². The Balaban J connectivity index is 2.14. The van der Waals surface area contributed by atoms with Crippen LogP contribution in [0.4, 0.5) is 0 Å². The lowest BCUT2D eigenvalue weighted by atomic mass is 10.1. The van der Waals surface area contributed by atoms with Crippen molar-refractivity contribution < 1.29 is 4.79 Å². The van der Waals surface area contributed by atoms with Crippen molar-refractivity contribution >= 4 is 40.7 Å². The highest BCUT2D eigenvalue weighted by atomic mass is 35.5. The van der Waals surface area contributed by atoms with Gasteiger partial charge in [0.25, 0.3) is 5.91 Å². The van der Waals surface area contributed by atoms with Crippen molar-refractivity contribution in [1.82, 2.24) is 20.2 Å². The number of nitrogens with one attached hydrogen (secondary N) is 1. The molecule has 0 radical (unpaired) electrons. The molecule has 5 nitrogen and oxygen atoms in total. The molecule has 0 aliphatic rings. The highest BCUT2D eigenvalue weighted by Gasteiger charge is 2.24.